The first-order valence-electron chi connectivity index (χ1n) is 2.39. The van der Waals surface area contributed by atoms with Crippen molar-refractivity contribution in [3.05, 3.63) is 11.3 Å². The van der Waals surface area contributed by atoms with Crippen LogP contribution in [0.5, 0.6) is 0 Å². The van der Waals surface area contributed by atoms with E-state index in [1.165, 1.54) is 0 Å². The van der Waals surface area contributed by atoms with Gasteiger partial charge in [-0.1, -0.05) is 11.6 Å². The SMILES string of the molecule is CCOC(=O)C(Cl)=CO.[H-].[K+]. The molecule has 0 aliphatic heterocycles. The molecular formula is C5H8ClKO3. The maximum Gasteiger partial charge on any atom is 1.00 e. The Morgan fingerprint density at radius 1 is 1.90 bits per heavy atom. The Morgan fingerprint density at radius 3 is 2.70 bits per heavy atom. The number of ether oxygens (including phenoxy) is 1. The third kappa shape index (κ3) is 5.70. The molecule has 5 heteroatoms. The van der Waals surface area contributed by atoms with E-state index >= 15 is 0 Å². The molecule has 0 saturated carbocycles. The van der Waals surface area contributed by atoms with Gasteiger partial charge in [-0.3, -0.25) is 0 Å². The number of carbonyl (C=O) groups excluding carboxylic acids is 1. The first kappa shape index (κ1) is 13.5. The van der Waals surface area contributed by atoms with Crippen LogP contribution in [-0.2, 0) is 9.53 Å². The molecule has 0 aliphatic rings. The van der Waals surface area contributed by atoms with Crippen LogP contribution in [0.2, 0.25) is 0 Å². The van der Waals surface area contributed by atoms with Crippen LogP contribution in [0.4, 0.5) is 0 Å². The molecule has 10 heavy (non-hydrogen) atoms. The second-order valence-corrected chi connectivity index (χ2v) is 1.60. The van der Waals surface area contributed by atoms with Crippen LogP contribution in [0.15, 0.2) is 11.3 Å². The van der Waals surface area contributed by atoms with Gasteiger partial charge in [-0.15, -0.1) is 0 Å². The van der Waals surface area contributed by atoms with Gasteiger partial charge in [-0.2, -0.15) is 0 Å². The summed E-state index contributed by atoms with van der Waals surface area (Å²) >= 11 is 5.13. The smallest absolute Gasteiger partial charge is 1.00 e. The summed E-state index contributed by atoms with van der Waals surface area (Å²) in [6, 6.07) is 0. The summed E-state index contributed by atoms with van der Waals surface area (Å²) in [5.41, 5.74) is 0. The van der Waals surface area contributed by atoms with Gasteiger partial charge in [0.05, 0.1) is 6.61 Å². The Bertz CT molecular complexity index is 140. The molecule has 0 aromatic heterocycles. The zero-order valence-electron chi connectivity index (χ0n) is 6.93. The molecule has 0 radical (unpaired) electrons. The molecule has 0 aromatic rings. The molecule has 0 heterocycles. The molecule has 0 spiro atoms. The summed E-state index contributed by atoms with van der Waals surface area (Å²) in [6.45, 7) is 1.91. The zero-order chi connectivity index (χ0) is 7.28. The summed E-state index contributed by atoms with van der Waals surface area (Å²) in [6.07, 6.45) is 0.500. The quantitative estimate of drug-likeness (QED) is 0.245. The summed E-state index contributed by atoms with van der Waals surface area (Å²) in [7, 11) is 0. The summed E-state index contributed by atoms with van der Waals surface area (Å²) in [4.78, 5) is 10.4. The molecular weight excluding hydrogens is 183 g/mol. The van der Waals surface area contributed by atoms with Crippen molar-refractivity contribution in [2.24, 2.45) is 0 Å². The number of carbonyl (C=O) groups is 1. The van der Waals surface area contributed by atoms with E-state index in [0.717, 1.165) is 0 Å². The fourth-order valence-corrected chi connectivity index (χ4v) is 0.307. The number of hydrogen-bond acceptors (Lipinski definition) is 3. The van der Waals surface area contributed by atoms with Crippen molar-refractivity contribution >= 4 is 17.6 Å². The predicted octanol–water partition coefficient (Wildman–Crippen LogP) is -1.70. The van der Waals surface area contributed by atoms with Crippen molar-refractivity contribution in [2.75, 3.05) is 6.61 Å². The molecule has 0 amide bonds. The van der Waals surface area contributed by atoms with E-state index in [2.05, 4.69) is 4.74 Å². The maximum atomic E-state index is 10.4. The van der Waals surface area contributed by atoms with Gasteiger partial charge in [-0.25, -0.2) is 4.79 Å². The van der Waals surface area contributed by atoms with Gasteiger partial charge >= 0.3 is 57.4 Å². The molecule has 0 rings (SSSR count). The number of esters is 1. The van der Waals surface area contributed by atoms with Crippen LogP contribution < -0.4 is 51.4 Å². The van der Waals surface area contributed by atoms with Crippen LogP contribution in [0, 0.1) is 0 Å². The van der Waals surface area contributed by atoms with Gasteiger partial charge in [-0.05, 0) is 6.92 Å². The Balaban J connectivity index is -0.000000320. The van der Waals surface area contributed by atoms with Gasteiger partial charge in [0.25, 0.3) is 0 Å². The first-order valence-corrected chi connectivity index (χ1v) is 2.77. The number of halogens is 1. The van der Waals surface area contributed by atoms with Crippen molar-refractivity contribution in [2.45, 2.75) is 6.92 Å². The molecule has 0 atom stereocenters. The predicted molar refractivity (Wildman–Crippen MR) is 34.3 cm³/mol. The third-order valence-electron chi connectivity index (χ3n) is 0.584. The van der Waals surface area contributed by atoms with E-state index in [4.69, 9.17) is 16.7 Å². The maximum absolute atomic E-state index is 10.4. The number of hydrogen-bond donors (Lipinski definition) is 1. The second-order valence-electron chi connectivity index (χ2n) is 1.20. The second kappa shape index (κ2) is 8.04. The van der Waals surface area contributed by atoms with Crippen LogP contribution in [-0.4, -0.2) is 17.7 Å². The van der Waals surface area contributed by atoms with E-state index in [1.54, 1.807) is 6.92 Å². The molecule has 0 bridgehead atoms. The van der Waals surface area contributed by atoms with Gasteiger partial charge in [0.2, 0.25) is 0 Å². The molecule has 1 N–H and O–H groups in total. The van der Waals surface area contributed by atoms with E-state index in [1.807, 2.05) is 0 Å². The molecule has 3 nitrogen and oxygen atoms in total. The van der Waals surface area contributed by atoms with E-state index in [-0.39, 0.29) is 64.5 Å². The minimum absolute atomic E-state index is 0. The Morgan fingerprint density at radius 2 is 2.40 bits per heavy atom. The van der Waals surface area contributed by atoms with E-state index in [9.17, 15) is 4.79 Å². The van der Waals surface area contributed by atoms with Crippen LogP contribution >= 0.6 is 11.6 Å². The van der Waals surface area contributed by atoms with E-state index in [0.29, 0.717) is 6.26 Å². The fourth-order valence-electron chi connectivity index (χ4n) is 0.253. The first-order chi connectivity index (χ1) is 4.22. The molecule has 0 aliphatic carbocycles. The van der Waals surface area contributed by atoms with Gasteiger partial charge in [0, 0.05) is 0 Å². The Labute approximate surface area is 108 Å². The summed E-state index contributed by atoms with van der Waals surface area (Å²) in [5, 5.41) is 7.83. The normalized spacial score (nSPS) is 10.0. The van der Waals surface area contributed by atoms with Gasteiger partial charge in [0.1, 0.15) is 6.26 Å². The molecule has 0 fully saturated rings. The van der Waals surface area contributed by atoms with E-state index < -0.39 is 5.97 Å². The monoisotopic (exact) mass is 190 g/mol. The van der Waals surface area contributed by atoms with Crippen molar-refractivity contribution in [1.29, 1.82) is 0 Å². The van der Waals surface area contributed by atoms with Crippen LogP contribution in [0.25, 0.3) is 0 Å². The number of rotatable bonds is 2. The van der Waals surface area contributed by atoms with Gasteiger partial charge in [0.15, 0.2) is 5.03 Å². The standard InChI is InChI=1S/C5H7ClO3.K.H/c1-2-9-5(8)4(6)3-7;;/h3,7H,2H2,1H3;;/q;+1;-1. The Hall–Kier alpha value is 0.936. The molecule has 54 valence electrons. The summed E-state index contributed by atoms with van der Waals surface area (Å²) in [5.74, 6) is -0.707. The topological polar surface area (TPSA) is 46.5 Å². The van der Waals surface area contributed by atoms with Crippen molar-refractivity contribution in [1.82, 2.24) is 0 Å². The third-order valence-corrected chi connectivity index (χ3v) is 0.836. The molecule has 0 aromatic carbocycles. The van der Waals surface area contributed by atoms with Crippen LogP contribution in [0.3, 0.4) is 0 Å². The Kier molecular flexibility index (Phi) is 10.9. The minimum Gasteiger partial charge on any atom is -1.00 e. The molecule has 0 saturated heterocycles. The van der Waals surface area contributed by atoms with Crippen molar-refractivity contribution in [3.8, 4) is 0 Å². The number of aliphatic hydroxyl groups excluding tert-OH is 1. The van der Waals surface area contributed by atoms with Gasteiger partial charge < -0.3 is 11.3 Å². The summed E-state index contributed by atoms with van der Waals surface area (Å²) < 4.78 is 4.40. The zero-order valence-corrected chi connectivity index (χ0v) is 9.81. The largest absolute Gasteiger partial charge is 1.00 e. The fraction of sp³-hybridized carbons (Fsp3) is 0.400. The molecule has 0 unspecified atom stereocenters. The average Bonchev–Trinajstić information content (AvgIpc) is 1.87. The average molecular weight is 191 g/mol. The van der Waals surface area contributed by atoms with Crippen molar-refractivity contribution < 1.29 is 67.4 Å². The van der Waals surface area contributed by atoms with Crippen molar-refractivity contribution in [3.63, 3.8) is 0 Å². The number of aliphatic hydroxyl groups is 1. The minimum atomic E-state index is -0.707. The van der Waals surface area contributed by atoms with Crippen LogP contribution in [0.1, 0.15) is 8.35 Å².